The summed E-state index contributed by atoms with van der Waals surface area (Å²) >= 11 is 0. The molecule has 0 aliphatic carbocycles. The molecule has 0 saturated heterocycles. The van der Waals surface area contributed by atoms with Crippen LogP contribution in [-0.4, -0.2) is 20.7 Å². The Hall–Kier alpha value is -1.65. The van der Waals surface area contributed by atoms with Crippen molar-refractivity contribution < 1.29 is 14.6 Å². The monoisotopic (exact) mass is 374 g/mol. The molecule has 0 heterocycles. The van der Waals surface area contributed by atoms with Gasteiger partial charge in [-0.3, -0.25) is 4.89 Å². The summed E-state index contributed by atoms with van der Waals surface area (Å²) in [5, 5.41) is 1.17. The summed E-state index contributed by atoms with van der Waals surface area (Å²) < 4.78 is 0. The molecule has 4 heteroatoms. The number of carbonyl (C=O) groups is 1. The van der Waals surface area contributed by atoms with Gasteiger partial charge in [0.2, 0.25) is 0 Å². The Kier molecular flexibility index (Phi) is 10.9. The minimum absolute atomic E-state index is 0.448. The zero-order chi connectivity index (χ0) is 19.3. The average Bonchev–Trinajstić information content (AvgIpc) is 2.68. The van der Waals surface area contributed by atoms with Gasteiger partial charge in [0, 0.05) is 0 Å². The second-order valence-corrected chi connectivity index (χ2v) is 10.9. The predicted octanol–water partition coefficient (Wildman–Crippen LogP) is 5.65. The maximum atomic E-state index is 12.0. The van der Waals surface area contributed by atoms with Crippen molar-refractivity contribution in [2.75, 3.05) is 6.61 Å². The quantitative estimate of drug-likeness (QED) is 0.183. The highest BCUT2D eigenvalue weighted by Crippen LogP contribution is 2.10. The number of hydrogen-bond acceptors (Lipinski definition) is 3. The van der Waals surface area contributed by atoms with Gasteiger partial charge in [-0.25, -0.2) is 4.79 Å². The van der Waals surface area contributed by atoms with E-state index >= 15 is 0 Å². The number of hydrogen-bond donors (Lipinski definition) is 0. The van der Waals surface area contributed by atoms with E-state index in [-0.39, 0.29) is 0 Å². The third kappa shape index (κ3) is 7.71. The van der Waals surface area contributed by atoms with E-state index in [0.29, 0.717) is 12.2 Å². The first-order valence-corrected chi connectivity index (χ1v) is 12.4. The van der Waals surface area contributed by atoms with Gasteiger partial charge in [0.25, 0.3) is 0 Å². The molecule has 3 nitrogen and oxygen atoms in total. The average molecular weight is 375 g/mol. The van der Waals surface area contributed by atoms with Crippen LogP contribution in [0.1, 0.15) is 68.6 Å². The molecule has 0 bridgehead atoms. The predicted molar refractivity (Wildman–Crippen MR) is 112 cm³/mol. The van der Waals surface area contributed by atoms with Crippen molar-refractivity contribution >= 4 is 19.2 Å². The van der Waals surface area contributed by atoms with Crippen LogP contribution in [0.25, 0.3) is 0 Å². The van der Waals surface area contributed by atoms with Gasteiger partial charge in [0.15, 0.2) is 0 Å². The molecule has 0 aromatic heterocycles. The van der Waals surface area contributed by atoms with Gasteiger partial charge in [0.1, 0.15) is 8.07 Å². The van der Waals surface area contributed by atoms with Crippen LogP contribution >= 0.6 is 0 Å². The SMILES string of the molecule is C=C[Si](C)(C=C)c1ccc(C(=O)OOCCCCCCCCCC)cc1. The summed E-state index contributed by atoms with van der Waals surface area (Å²) in [4.78, 5) is 22.0. The number of unbranched alkanes of at least 4 members (excludes halogenated alkanes) is 7. The lowest BCUT2D eigenvalue weighted by Crippen LogP contribution is -2.40. The molecule has 1 rings (SSSR count). The van der Waals surface area contributed by atoms with Crippen LogP contribution in [0.2, 0.25) is 6.55 Å². The summed E-state index contributed by atoms with van der Waals surface area (Å²) in [7, 11) is -1.84. The second-order valence-electron chi connectivity index (χ2n) is 6.94. The summed E-state index contributed by atoms with van der Waals surface area (Å²) in [5.41, 5.74) is 4.44. The van der Waals surface area contributed by atoms with E-state index in [0.717, 1.165) is 12.8 Å². The van der Waals surface area contributed by atoms with Crippen molar-refractivity contribution in [2.45, 2.75) is 64.8 Å². The standard InChI is InChI=1S/C22H34O3Si/c1-5-8-9-10-11-12-13-14-19-24-25-22(23)20-15-17-21(18-16-20)26(4,6-2)7-3/h6-7,15-18H,2-3,5,8-14,19H2,1,4H3. The molecule has 0 saturated carbocycles. The second kappa shape index (κ2) is 12.7. The van der Waals surface area contributed by atoms with E-state index in [2.05, 4.69) is 26.6 Å². The Labute approximate surface area is 160 Å². The number of rotatable bonds is 14. The Morgan fingerprint density at radius 2 is 1.50 bits per heavy atom. The van der Waals surface area contributed by atoms with Gasteiger partial charge in [-0.1, -0.05) is 87.1 Å². The van der Waals surface area contributed by atoms with Crippen LogP contribution in [-0.2, 0) is 9.78 Å². The molecule has 0 spiro atoms. The Morgan fingerprint density at radius 1 is 0.962 bits per heavy atom. The van der Waals surface area contributed by atoms with Crippen molar-refractivity contribution in [3.63, 3.8) is 0 Å². The van der Waals surface area contributed by atoms with E-state index in [9.17, 15) is 4.79 Å². The van der Waals surface area contributed by atoms with Gasteiger partial charge in [-0.2, -0.15) is 4.89 Å². The van der Waals surface area contributed by atoms with E-state index in [1.165, 1.54) is 43.7 Å². The largest absolute Gasteiger partial charge is 0.373 e. The fraction of sp³-hybridized carbons (Fsp3) is 0.500. The highest BCUT2D eigenvalue weighted by atomic mass is 28.3. The minimum atomic E-state index is -1.84. The van der Waals surface area contributed by atoms with Gasteiger partial charge >= 0.3 is 5.97 Å². The Balaban J connectivity index is 2.23. The molecule has 1 aromatic carbocycles. The Bertz CT molecular complexity index is 543. The Morgan fingerprint density at radius 3 is 2.04 bits per heavy atom. The van der Waals surface area contributed by atoms with Gasteiger partial charge in [-0.05, 0) is 18.6 Å². The third-order valence-electron chi connectivity index (χ3n) is 4.81. The first-order chi connectivity index (χ1) is 12.6. The van der Waals surface area contributed by atoms with Crippen molar-refractivity contribution in [1.29, 1.82) is 0 Å². The van der Waals surface area contributed by atoms with Crippen LogP contribution in [0, 0.1) is 0 Å². The molecular weight excluding hydrogens is 340 g/mol. The molecule has 0 atom stereocenters. The van der Waals surface area contributed by atoms with Crippen molar-refractivity contribution in [1.82, 2.24) is 0 Å². The molecule has 0 N–H and O–H groups in total. The normalized spacial score (nSPS) is 11.2. The molecule has 26 heavy (non-hydrogen) atoms. The van der Waals surface area contributed by atoms with Crippen molar-refractivity contribution in [3.05, 3.63) is 54.4 Å². The van der Waals surface area contributed by atoms with Crippen LogP contribution in [0.4, 0.5) is 0 Å². The molecule has 0 radical (unpaired) electrons. The lowest BCUT2D eigenvalue weighted by molar-refractivity contribution is -0.241. The number of carbonyl (C=O) groups excluding carboxylic acids is 1. The van der Waals surface area contributed by atoms with Crippen LogP contribution in [0.3, 0.4) is 0 Å². The summed E-state index contributed by atoms with van der Waals surface area (Å²) in [6, 6.07) is 7.45. The molecular formula is C22H34O3Si. The summed E-state index contributed by atoms with van der Waals surface area (Å²) in [6.45, 7) is 12.7. The van der Waals surface area contributed by atoms with Gasteiger partial charge in [-0.15, -0.1) is 13.2 Å². The highest BCUT2D eigenvalue weighted by Gasteiger charge is 2.22. The maximum Gasteiger partial charge on any atom is 0.373 e. The van der Waals surface area contributed by atoms with Crippen LogP contribution in [0.15, 0.2) is 48.8 Å². The molecule has 0 aliphatic rings. The third-order valence-corrected chi connectivity index (χ3v) is 8.08. The minimum Gasteiger partial charge on any atom is -0.293 e. The summed E-state index contributed by atoms with van der Waals surface area (Å²) in [6.07, 6.45) is 9.81. The fourth-order valence-corrected chi connectivity index (χ4v) is 4.25. The topological polar surface area (TPSA) is 35.5 Å². The van der Waals surface area contributed by atoms with E-state index in [1.807, 2.05) is 23.5 Å². The van der Waals surface area contributed by atoms with Crippen LogP contribution < -0.4 is 5.19 Å². The lowest BCUT2D eigenvalue weighted by atomic mass is 10.1. The van der Waals surface area contributed by atoms with E-state index in [4.69, 9.17) is 9.78 Å². The molecule has 0 amide bonds. The van der Waals surface area contributed by atoms with Gasteiger partial charge < -0.3 is 0 Å². The lowest BCUT2D eigenvalue weighted by Gasteiger charge is -2.19. The zero-order valence-corrected chi connectivity index (χ0v) is 17.5. The maximum absolute atomic E-state index is 12.0. The number of benzene rings is 1. The van der Waals surface area contributed by atoms with E-state index < -0.39 is 14.0 Å². The van der Waals surface area contributed by atoms with E-state index in [1.54, 1.807) is 12.1 Å². The first kappa shape index (κ1) is 22.4. The highest BCUT2D eigenvalue weighted by molar-refractivity contribution is 6.98. The van der Waals surface area contributed by atoms with Crippen molar-refractivity contribution in [2.24, 2.45) is 0 Å². The molecule has 0 unspecified atom stereocenters. The molecule has 144 valence electrons. The van der Waals surface area contributed by atoms with Gasteiger partial charge in [0.05, 0.1) is 12.2 Å². The molecule has 1 aromatic rings. The zero-order valence-electron chi connectivity index (χ0n) is 16.5. The van der Waals surface area contributed by atoms with Crippen LogP contribution in [0.5, 0.6) is 0 Å². The fourth-order valence-electron chi connectivity index (χ4n) is 2.72. The molecule has 0 aliphatic heterocycles. The van der Waals surface area contributed by atoms with Crippen molar-refractivity contribution in [3.8, 4) is 0 Å². The molecule has 0 fully saturated rings. The summed E-state index contributed by atoms with van der Waals surface area (Å²) in [5.74, 6) is -0.448. The smallest absolute Gasteiger partial charge is 0.293 e. The first-order valence-electron chi connectivity index (χ1n) is 9.79.